The first kappa shape index (κ1) is 8.90. The van der Waals surface area contributed by atoms with E-state index < -0.39 is 0 Å². The number of anilines is 1. The Morgan fingerprint density at radius 1 is 1.29 bits per heavy atom. The molecule has 0 atom stereocenters. The molecule has 1 aromatic carbocycles. The second kappa shape index (κ2) is 3.23. The zero-order valence-corrected chi connectivity index (χ0v) is 7.71. The molecule has 1 heterocycles. The van der Waals surface area contributed by atoms with Crippen molar-refractivity contribution in [2.24, 2.45) is 5.84 Å². The number of rotatable bonds is 1. The highest BCUT2D eigenvalue weighted by Crippen LogP contribution is 2.20. The van der Waals surface area contributed by atoms with Crippen LogP contribution in [-0.4, -0.2) is 4.98 Å². The summed E-state index contributed by atoms with van der Waals surface area (Å²) in [6.45, 7) is 1.70. The van der Waals surface area contributed by atoms with Crippen LogP contribution in [0.25, 0.3) is 10.9 Å². The van der Waals surface area contributed by atoms with Gasteiger partial charge in [-0.2, -0.15) is 0 Å². The minimum atomic E-state index is -0.251. The van der Waals surface area contributed by atoms with Crippen molar-refractivity contribution in [1.29, 1.82) is 0 Å². The van der Waals surface area contributed by atoms with Crippen LogP contribution >= 0.6 is 0 Å². The topological polar surface area (TPSA) is 50.9 Å². The first-order chi connectivity index (χ1) is 6.72. The fourth-order valence-corrected chi connectivity index (χ4v) is 1.39. The summed E-state index contributed by atoms with van der Waals surface area (Å²) in [6.07, 6.45) is 0. The van der Waals surface area contributed by atoms with Crippen molar-refractivity contribution in [2.75, 3.05) is 5.43 Å². The molecule has 0 amide bonds. The number of halogens is 1. The summed E-state index contributed by atoms with van der Waals surface area (Å²) in [7, 11) is 0. The van der Waals surface area contributed by atoms with Crippen molar-refractivity contribution in [1.82, 2.24) is 4.98 Å². The van der Waals surface area contributed by atoms with E-state index in [0.29, 0.717) is 16.9 Å². The maximum atomic E-state index is 13.2. The van der Waals surface area contributed by atoms with E-state index in [2.05, 4.69) is 10.4 Å². The van der Waals surface area contributed by atoms with E-state index in [1.807, 2.05) is 6.07 Å². The molecule has 4 heteroatoms. The molecule has 14 heavy (non-hydrogen) atoms. The number of nitrogens with two attached hydrogens (primary N) is 1. The van der Waals surface area contributed by atoms with E-state index in [1.54, 1.807) is 19.1 Å². The maximum Gasteiger partial charge on any atom is 0.140 e. The molecule has 1 aromatic heterocycles. The molecule has 72 valence electrons. The molecule has 0 aliphatic carbocycles. The van der Waals surface area contributed by atoms with Gasteiger partial charge in [-0.3, -0.25) is 0 Å². The Hall–Kier alpha value is -1.68. The van der Waals surface area contributed by atoms with Crippen molar-refractivity contribution in [3.63, 3.8) is 0 Å². The van der Waals surface area contributed by atoms with Crippen LogP contribution in [0.4, 0.5) is 10.2 Å². The van der Waals surface area contributed by atoms with Gasteiger partial charge in [0.15, 0.2) is 0 Å². The Morgan fingerprint density at radius 2 is 2.00 bits per heavy atom. The van der Waals surface area contributed by atoms with Gasteiger partial charge in [0.2, 0.25) is 0 Å². The van der Waals surface area contributed by atoms with Crippen LogP contribution in [0.15, 0.2) is 24.3 Å². The van der Waals surface area contributed by atoms with E-state index in [9.17, 15) is 4.39 Å². The average Bonchev–Trinajstić information content (AvgIpc) is 2.23. The molecular weight excluding hydrogens is 181 g/mol. The Labute approximate surface area is 80.7 Å². The lowest BCUT2D eigenvalue weighted by Crippen LogP contribution is -2.08. The average molecular weight is 191 g/mol. The van der Waals surface area contributed by atoms with Crippen LogP contribution in [0.3, 0.4) is 0 Å². The lowest BCUT2D eigenvalue weighted by Gasteiger charge is -2.04. The number of hydrogen-bond acceptors (Lipinski definition) is 3. The number of aromatic nitrogens is 1. The fourth-order valence-electron chi connectivity index (χ4n) is 1.39. The highest BCUT2D eigenvalue weighted by molar-refractivity contribution is 5.83. The van der Waals surface area contributed by atoms with Gasteiger partial charge in [0.1, 0.15) is 11.6 Å². The largest absolute Gasteiger partial charge is 0.308 e. The van der Waals surface area contributed by atoms with Gasteiger partial charge >= 0.3 is 0 Å². The Morgan fingerprint density at radius 3 is 2.71 bits per heavy atom. The van der Waals surface area contributed by atoms with Crippen LogP contribution in [0.5, 0.6) is 0 Å². The number of hydrazine groups is 1. The van der Waals surface area contributed by atoms with E-state index in [4.69, 9.17) is 5.84 Å². The second-order valence-corrected chi connectivity index (χ2v) is 3.08. The van der Waals surface area contributed by atoms with Gasteiger partial charge < -0.3 is 5.43 Å². The number of nitrogens with one attached hydrogen (secondary N) is 1. The van der Waals surface area contributed by atoms with Crippen molar-refractivity contribution >= 4 is 16.7 Å². The maximum absolute atomic E-state index is 13.2. The van der Waals surface area contributed by atoms with Crippen LogP contribution in [0.2, 0.25) is 0 Å². The summed E-state index contributed by atoms with van der Waals surface area (Å²) in [5.74, 6) is 5.51. The lowest BCUT2D eigenvalue weighted by molar-refractivity contribution is 0.620. The molecule has 0 saturated heterocycles. The minimum absolute atomic E-state index is 0.251. The van der Waals surface area contributed by atoms with Gasteiger partial charge in [-0.05, 0) is 31.2 Å². The molecule has 0 aliphatic heterocycles. The summed E-state index contributed by atoms with van der Waals surface area (Å²) < 4.78 is 13.2. The monoisotopic (exact) mass is 191 g/mol. The Balaban J connectivity index is 2.78. The van der Waals surface area contributed by atoms with Gasteiger partial charge in [0, 0.05) is 10.9 Å². The van der Waals surface area contributed by atoms with E-state index in [1.165, 1.54) is 6.07 Å². The first-order valence-corrected chi connectivity index (χ1v) is 4.25. The van der Waals surface area contributed by atoms with E-state index in [0.717, 1.165) is 5.39 Å². The summed E-state index contributed by atoms with van der Waals surface area (Å²) in [5, 5.41) is 0.905. The van der Waals surface area contributed by atoms with Crippen LogP contribution in [0.1, 0.15) is 5.56 Å². The molecular formula is C10H10FN3. The quantitative estimate of drug-likeness (QED) is 0.535. The van der Waals surface area contributed by atoms with E-state index >= 15 is 0 Å². The zero-order chi connectivity index (χ0) is 10.1. The third-order valence-corrected chi connectivity index (χ3v) is 2.20. The highest BCUT2D eigenvalue weighted by Gasteiger charge is 2.04. The third-order valence-electron chi connectivity index (χ3n) is 2.20. The second-order valence-electron chi connectivity index (χ2n) is 3.08. The zero-order valence-electron chi connectivity index (χ0n) is 7.71. The van der Waals surface area contributed by atoms with Gasteiger partial charge in [-0.1, -0.05) is 0 Å². The van der Waals surface area contributed by atoms with Crippen LogP contribution in [-0.2, 0) is 0 Å². The van der Waals surface area contributed by atoms with Gasteiger partial charge in [0.05, 0.1) is 5.52 Å². The Kier molecular flexibility index (Phi) is 2.05. The van der Waals surface area contributed by atoms with Crippen molar-refractivity contribution in [2.45, 2.75) is 6.92 Å². The molecule has 0 aliphatic rings. The SMILES string of the molecule is Cc1c(F)ccc2ccc(NN)nc12. The van der Waals surface area contributed by atoms with Crippen molar-refractivity contribution in [3.05, 3.63) is 35.6 Å². The molecule has 0 saturated carbocycles. The van der Waals surface area contributed by atoms with Gasteiger partial charge in [-0.15, -0.1) is 0 Å². The predicted molar refractivity (Wildman–Crippen MR) is 54.2 cm³/mol. The molecule has 2 aromatic rings. The van der Waals surface area contributed by atoms with Gasteiger partial charge in [0.25, 0.3) is 0 Å². The van der Waals surface area contributed by atoms with Crippen molar-refractivity contribution < 1.29 is 4.39 Å². The molecule has 3 N–H and O–H groups in total. The summed E-state index contributed by atoms with van der Waals surface area (Å²) in [4.78, 5) is 4.18. The number of benzene rings is 1. The number of hydrogen-bond donors (Lipinski definition) is 2. The smallest absolute Gasteiger partial charge is 0.140 e. The molecule has 0 spiro atoms. The number of nitrogens with zero attached hydrogens (tertiary/aromatic N) is 1. The predicted octanol–water partition coefficient (Wildman–Crippen LogP) is 1.97. The molecule has 0 unspecified atom stereocenters. The molecule has 2 rings (SSSR count). The van der Waals surface area contributed by atoms with Crippen molar-refractivity contribution in [3.8, 4) is 0 Å². The number of nitrogen functional groups attached to an aromatic ring is 1. The third kappa shape index (κ3) is 1.29. The fraction of sp³-hybridized carbons (Fsp3) is 0.100. The first-order valence-electron chi connectivity index (χ1n) is 4.25. The highest BCUT2D eigenvalue weighted by atomic mass is 19.1. The van der Waals surface area contributed by atoms with E-state index in [-0.39, 0.29) is 5.82 Å². The van der Waals surface area contributed by atoms with Crippen LogP contribution < -0.4 is 11.3 Å². The number of aryl methyl sites for hydroxylation is 1. The number of fused-ring (bicyclic) bond motifs is 1. The normalized spacial score (nSPS) is 10.5. The lowest BCUT2D eigenvalue weighted by atomic mass is 10.1. The summed E-state index contributed by atoms with van der Waals surface area (Å²) in [5.41, 5.74) is 3.61. The summed E-state index contributed by atoms with van der Waals surface area (Å²) in [6, 6.07) is 6.74. The van der Waals surface area contributed by atoms with Crippen LogP contribution in [0, 0.1) is 12.7 Å². The standard InChI is InChI=1S/C10H10FN3/c1-6-8(11)4-2-7-3-5-9(14-12)13-10(6)7/h2-5H,12H2,1H3,(H,13,14). The summed E-state index contributed by atoms with van der Waals surface area (Å²) >= 11 is 0. The molecule has 0 fully saturated rings. The minimum Gasteiger partial charge on any atom is -0.308 e. The van der Waals surface area contributed by atoms with Gasteiger partial charge in [-0.25, -0.2) is 15.2 Å². The Bertz CT molecular complexity index is 482. The number of pyridine rings is 1. The molecule has 0 bridgehead atoms. The molecule has 3 nitrogen and oxygen atoms in total. The molecule has 0 radical (unpaired) electrons.